The molecule has 5 aromatic rings. The van der Waals surface area contributed by atoms with Crippen molar-refractivity contribution in [2.24, 2.45) is 5.92 Å². The number of carbonyl (C=O) groups excluding carboxylic acids is 3. The van der Waals surface area contributed by atoms with Crippen LogP contribution in [0.25, 0.3) is 0 Å². The molecular weight excluding hydrogens is 735 g/mol. The Kier molecular flexibility index (Phi) is 12.9. The highest BCUT2D eigenvalue weighted by atomic mass is 28.4. The molecule has 1 heterocycles. The number of carbonyl (C=O) groups is 3. The van der Waals surface area contributed by atoms with E-state index in [9.17, 15) is 18.4 Å². The van der Waals surface area contributed by atoms with Gasteiger partial charge in [-0.2, -0.15) is 0 Å². The van der Waals surface area contributed by atoms with Gasteiger partial charge in [0.1, 0.15) is 36.6 Å². The zero-order valence-corrected chi connectivity index (χ0v) is 32.4. The fourth-order valence-electron chi connectivity index (χ4n) is 6.65. The minimum Gasteiger partial charge on any atom is -0.446 e. The third-order valence-electron chi connectivity index (χ3n) is 9.30. The van der Waals surface area contributed by atoms with Gasteiger partial charge in [-0.3, -0.25) is 4.79 Å². The highest BCUT2D eigenvalue weighted by Gasteiger charge is 2.44. The van der Waals surface area contributed by atoms with Crippen LogP contribution in [0.3, 0.4) is 0 Å². The number of cyclic esters (lactones) is 1. The molecule has 0 saturated carbocycles. The van der Waals surface area contributed by atoms with Crippen LogP contribution in [0.2, 0.25) is 19.6 Å². The van der Waals surface area contributed by atoms with Crippen LogP contribution in [-0.2, 0) is 25.3 Å². The van der Waals surface area contributed by atoms with Gasteiger partial charge in [0.05, 0.1) is 18.1 Å². The van der Waals surface area contributed by atoms with Crippen LogP contribution in [0.5, 0.6) is 5.75 Å². The highest BCUT2D eigenvalue weighted by molar-refractivity contribution is 6.69. The normalized spacial score (nSPS) is 15.7. The van der Waals surface area contributed by atoms with E-state index in [1.165, 1.54) is 29.2 Å². The molecule has 0 aromatic heterocycles. The van der Waals surface area contributed by atoms with Gasteiger partial charge in [-0.15, -0.1) is 0 Å². The Morgan fingerprint density at radius 3 is 2.00 bits per heavy atom. The van der Waals surface area contributed by atoms with Crippen LogP contribution in [0.1, 0.15) is 53.3 Å². The smallest absolute Gasteiger partial charge is 0.446 e. The molecule has 5 aromatic carbocycles. The maximum atomic E-state index is 15.0. The maximum Gasteiger partial charge on any atom is 0.514 e. The zero-order valence-electron chi connectivity index (χ0n) is 31.4. The van der Waals surface area contributed by atoms with Gasteiger partial charge in [0.15, 0.2) is 8.32 Å². The number of benzene rings is 5. The fraction of sp³-hybridized carbons (Fsp3) is 0.250. The molecule has 1 N–H and O–H groups in total. The first-order chi connectivity index (χ1) is 26.9. The Morgan fingerprint density at radius 2 is 1.38 bits per heavy atom. The summed E-state index contributed by atoms with van der Waals surface area (Å²) in [6.07, 6.45) is -1.59. The summed E-state index contributed by atoms with van der Waals surface area (Å²) in [7, 11) is -2.18. The van der Waals surface area contributed by atoms with Crippen molar-refractivity contribution in [2.75, 3.05) is 11.9 Å². The minimum atomic E-state index is -2.18. The molecule has 0 aliphatic carbocycles. The summed E-state index contributed by atoms with van der Waals surface area (Å²) >= 11 is 0. The van der Waals surface area contributed by atoms with Gasteiger partial charge in [-0.25, -0.2) is 23.3 Å². The molecular formula is C44H44F2N2O7Si. The Hall–Kier alpha value is -5.85. The number of halogens is 2. The van der Waals surface area contributed by atoms with E-state index in [4.69, 9.17) is 18.6 Å². The van der Waals surface area contributed by atoms with Crippen molar-refractivity contribution in [1.29, 1.82) is 0 Å². The SMILES string of the molecule is C[Si](C)(C)O[C@@H](CC[C@@H](C(=O)N1C(=O)OC[C@@H]1c1ccccc1)[C@H](Nc1ccc(F)cc1)c1ccc(OC(=O)OCc2ccccc2)cc1)c1ccc(F)cc1. The Labute approximate surface area is 326 Å². The van der Waals surface area contributed by atoms with Crippen LogP contribution < -0.4 is 10.1 Å². The molecule has 1 aliphatic rings. The number of nitrogens with zero attached hydrogens (tertiary/aromatic N) is 1. The molecule has 0 radical (unpaired) electrons. The number of hydrogen-bond acceptors (Lipinski definition) is 8. The van der Waals surface area contributed by atoms with E-state index in [1.54, 1.807) is 48.5 Å². The lowest BCUT2D eigenvalue weighted by molar-refractivity contribution is -0.134. The first kappa shape index (κ1) is 39.8. The van der Waals surface area contributed by atoms with Crippen LogP contribution in [0, 0.1) is 17.6 Å². The van der Waals surface area contributed by atoms with E-state index >= 15 is 4.79 Å². The molecule has 6 rings (SSSR count). The Bertz CT molecular complexity index is 2060. The predicted molar refractivity (Wildman–Crippen MR) is 210 cm³/mol. The lowest BCUT2D eigenvalue weighted by atomic mass is 9.85. The molecule has 290 valence electrons. The van der Waals surface area contributed by atoms with Gasteiger partial charge in [0.2, 0.25) is 5.91 Å². The lowest BCUT2D eigenvalue weighted by Crippen LogP contribution is -2.42. The molecule has 56 heavy (non-hydrogen) atoms. The second-order valence-corrected chi connectivity index (χ2v) is 19.0. The monoisotopic (exact) mass is 778 g/mol. The number of hydrogen-bond donors (Lipinski definition) is 1. The van der Waals surface area contributed by atoms with E-state index in [2.05, 4.69) is 25.0 Å². The van der Waals surface area contributed by atoms with Gasteiger partial charge >= 0.3 is 12.2 Å². The maximum absolute atomic E-state index is 15.0. The zero-order chi connectivity index (χ0) is 39.7. The predicted octanol–water partition coefficient (Wildman–Crippen LogP) is 10.5. The van der Waals surface area contributed by atoms with Gasteiger partial charge in [0, 0.05) is 5.69 Å². The van der Waals surface area contributed by atoms with Crippen LogP contribution in [0.15, 0.2) is 133 Å². The minimum absolute atomic E-state index is 0.0132. The summed E-state index contributed by atoms with van der Waals surface area (Å²) in [5.74, 6) is -2.02. The molecule has 0 bridgehead atoms. The van der Waals surface area contributed by atoms with Crippen molar-refractivity contribution >= 4 is 32.2 Å². The van der Waals surface area contributed by atoms with E-state index < -0.39 is 56.4 Å². The Balaban J connectivity index is 1.35. The van der Waals surface area contributed by atoms with Crippen molar-refractivity contribution in [3.63, 3.8) is 0 Å². The third kappa shape index (κ3) is 10.7. The second-order valence-electron chi connectivity index (χ2n) is 14.5. The average Bonchev–Trinajstić information content (AvgIpc) is 3.59. The van der Waals surface area contributed by atoms with Crippen molar-refractivity contribution in [3.8, 4) is 5.75 Å². The molecule has 0 unspecified atom stereocenters. The van der Waals surface area contributed by atoms with E-state index in [-0.39, 0.29) is 31.2 Å². The summed E-state index contributed by atoms with van der Waals surface area (Å²) in [5.41, 5.74) is 3.44. The first-order valence-electron chi connectivity index (χ1n) is 18.4. The number of anilines is 1. The van der Waals surface area contributed by atoms with E-state index in [1.807, 2.05) is 60.7 Å². The third-order valence-corrected chi connectivity index (χ3v) is 10.3. The van der Waals surface area contributed by atoms with Crippen LogP contribution in [-0.4, -0.2) is 38.0 Å². The van der Waals surface area contributed by atoms with Gasteiger partial charge in [-0.05, 0) is 103 Å². The Morgan fingerprint density at radius 1 is 0.786 bits per heavy atom. The van der Waals surface area contributed by atoms with Crippen LogP contribution >= 0.6 is 0 Å². The summed E-state index contributed by atoms with van der Waals surface area (Å²) in [6, 6.07) is 35.4. The van der Waals surface area contributed by atoms with Gasteiger partial charge in [-0.1, -0.05) is 84.9 Å². The molecule has 1 fully saturated rings. The summed E-state index contributed by atoms with van der Waals surface area (Å²) in [4.78, 5) is 42.2. The van der Waals surface area contributed by atoms with Crippen molar-refractivity contribution in [2.45, 2.75) is 57.3 Å². The van der Waals surface area contributed by atoms with E-state index in [0.29, 0.717) is 17.7 Å². The first-order valence-corrected chi connectivity index (χ1v) is 21.8. The number of nitrogens with one attached hydrogen (secondary N) is 1. The topological polar surface area (TPSA) is 103 Å². The largest absolute Gasteiger partial charge is 0.514 e. The van der Waals surface area contributed by atoms with Gasteiger partial charge in [0.25, 0.3) is 0 Å². The molecule has 12 heteroatoms. The molecule has 2 amide bonds. The van der Waals surface area contributed by atoms with Crippen molar-refractivity contribution < 1.29 is 41.8 Å². The second kappa shape index (κ2) is 18.2. The summed E-state index contributed by atoms with van der Waals surface area (Å²) < 4.78 is 51.0. The van der Waals surface area contributed by atoms with Crippen molar-refractivity contribution in [3.05, 3.63) is 167 Å². The standard InChI is InChI=1S/C44H44F2N2O7Si/c1-56(2,3)55-40(32-14-18-34(45)19-15-32)27-26-38(42(49)48-39(29-52-43(48)50)31-12-8-5-9-13-31)41(47-36-22-20-35(46)21-23-36)33-16-24-37(25-17-33)54-44(51)53-28-30-10-6-4-7-11-30/h4-25,38-41,47H,26-29H2,1-3H3/t38-,39-,40+,41-/m1/s1. The number of amides is 2. The van der Waals surface area contributed by atoms with Crippen molar-refractivity contribution in [1.82, 2.24) is 4.90 Å². The lowest BCUT2D eigenvalue weighted by Gasteiger charge is -2.34. The fourth-order valence-corrected chi connectivity index (χ4v) is 7.76. The summed E-state index contributed by atoms with van der Waals surface area (Å²) in [6.45, 7) is 6.18. The average molecular weight is 779 g/mol. The number of ether oxygens (including phenoxy) is 3. The molecule has 0 spiro atoms. The highest BCUT2D eigenvalue weighted by Crippen LogP contribution is 2.39. The molecule has 4 atom stereocenters. The summed E-state index contributed by atoms with van der Waals surface area (Å²) in [5, 5.41) is 3.43. The molecule has 1 aliphatic heterocycles. The number of rotatable bonds is 15. The quantitative estimate of drug-likeness (QED) is 0.0637. The molecule has 1 saturated heterocycles. The number of imide groups is 1. The van der Waals surface area contributed by atoms with E-state index in [0.717, 1.165) is 16.7 Å². The van der Waals surface area contributed by atoms with Crippen LogP contribution in [0.4, 0.5) is 24.1 Å². The van der Waals surface area contributed by atoms with Gasteiger partial charge < -0.3 is 24.0 Å². The molecule has 9 nitrogen and oxygen atoms in total.